The van der Waals surface area contributed by atoms with Gasteiger partial charge < -0.3 is 9.94 Å². The van der Waals surface area contributed by atoms with Gasteiger partial charge in [-0.15, -0.1) is 0 Å². The quantitative estimate of drug-likeness (QED) is 0.255. The number of ether oxygens (including phenoxy) is 1. The number of carbonyl (C=O) groups excluding carboxylic acids is 1. The minimum absolute atomic E-state index is 0.00213. The first-order valence-electron chi connectivity index (χ1n) is 5.13. The summed E-state index contributed by atoms with van der Waals surface area (Å²) in [5.74, 6) is -0.385. The third-order valence-electron chi connectivity index (χ3n) is 2.10. The van der Waals surface area contributed by atoms with Crippen molar-refractivity contribution in [2.24, 2.45) is 0 Å². The van der Waals surface area contributed by atoms with Gasteiger partial charge >= 0.3 is 5.97 Å². The maximum atomic E-state index is 11.4. The highest BCUT2D eigenvalue weighted by atomic mass is 16.5. The van der Waals surface area contributed by atoms with Gasteiger partial charge in [0.1, 0.15) is 13.5 Å². The normalized spacial score (nSPS) is 11.9. The Hall–Kier alpha value is -1.84. The van der Waals surface area contributed by atoms with E-state index < -0.39 is 0 Å². The van der Waals surface area contributed by atoms with Crippen molar-refractivity contribution in [1.29, 1.82) is 0 Å². The van der Waals surface area contributed by atoms with Crippen LogP contribution in [0.4, 0.5) is 0 Å². The second-order valence-electron chi connectivity index (χ2n) is 3.29. The van der Waals surface area contributed by atoms with Crippen molar-refractivity contribution in [2.45, 2.75) is 13.3 Å². The van der Waals surface area contributed by atoms with Crippen molar-refractivity contribution in [1.82, 2.24) is 0 Å². The predicted octanol–water partition coefficient (Wildman–Crippen LogP) is 1.57. The fourth-order valence-electron chi connectivity index (χ4n) is 1.37. The van der Waals surface area contributed by atoms with E-state index in [4.69, 9.17) is 4.74 Å². The molecule has 0 radical (unpaired) electrons. The smallest absolute Gasteiger partial charge is 0.316 e. The molecule has 4 heteroatoms. The molecule has 0 unspecified atom stereocenters. The Bertz CT molecular complexity index is 381. The molecule has 0 saturated carbocycles. The summed E-state index contributed by atoms with van der Waals surface area (Å²) in [6.45, 7) is 2.06. The lowest BCUT2D eigenvalue weighted by atomic mass is 10.1. The van der Waals surface area contributed by atoms with Crippen LogP contribution in [0.1, 0.15) is 18.9 Å². The van der Waals surface area contributed by atoms with Gasteiger partial charge in [-0.25, -0.2) is 4.74 Å². The Morgan fingerprint density at radius 3 is 2.50 bits per heavy atom. The van der Waals surface area contributed by atoms with Crippen LogP contribution < -0.4 is 0 Å². The van der Waals surface area contributed by atoms with Gasteiger partial charge in [-0.05, 0) is 19.1 Å². The first-order valence-corrected chi connectivity index (χ1v) is 5.13. The number of benzene rings is 1. The van der Waals surface area contributed by atoms with Crippen LogP contribution in [0.2, 0.25) is 0 Å². The summed E-state index contributed by atoms with van der Waals surface area (Å²) in [7, 11) is 1.38. The molecule has 86 valence electrons. The zero-order chi connectivity index (χ0) is 12.0. The van der Waals surface area contributed by atoms with Gasteiger partial charge in [-0.2, -0.15) is 0 Å². The number of hydrogen-bond acceptors (Lipinski definition) is 3. The molecule has 0 bridgehead atoms. The van der Waals surface area contributed by atoms with E-state index in [1.807, 2.05) is 18.2 Å². The van der Waals surface area contributed by atoms with E-state index in [1.165, 1.54) is 7.05 Å². The third kappa shape index (κ3) is 3.38. The van der Waals surface area contributed by atoms with Crippen LogP contribution in [0.25, 0.3) is 0 Å². The van der Waals surface area contributed by atoms with Crippen molar-refractivity contribution < 1.29 is 14.3 Å². The van der Waals surface area contributed by atoms with Crippen LogP contribution in [0.15, 0.2) is 30.3 Å². The van der Waals surface area contributed by atoms with E-state index in [0.717, 1.165) is 5.56 Å². The molecule has 0 N–H and O–H groups in total. The predicted molar refractivity (Wildman–Crippen MR) is 61.4 cm³/mol. The van der Waals surface area contributed by atoms with Crippen LogP contribution in [0.3, 0.4) is 0 Å². The van der Waals surface area contributed by atoms with Gasteiger partial charge in [0.15, 0.2) is 0 Å². The summed E-state index contributed by atoms with van der Waals surface area (Å²) >= 11 is 0. The van der Waals surface area contributed by atoms with Crippen LogP contribution in [0.5, 0.6) is 0 Å². The maximum Gasteiger partial charge on any atom is 0.316 e. The van der Waals surface area contributed by atoms with Crippen molar-refractivity contribution in [3.8, 4) is 0 Å². The molecule has 0 aliphatic rings. The van der Waals surface area contributed by atoms with Crippen LogP contribution >= 0.6 is 0 Å². The van der Waals surface area contributed by atoms with Gasteiger partial charge in [-0.3, -0.25) is 4.79 Å². The summed E-state index contributed by atoms with van der Waals surface area (Å²) in [5, 5.41) is 11.4. The van der Waals surface area contributed by atoms with E-state index >= 15 is 0 Å². The molecule has 0 amide bonds. The number of hydrogen-bond donors (Lipinski definition) is 0. The minimum Gasteiger partial charge on any atom is -0.624 e. The highest BCUT2D eigenvalue weighted by Crippen LogP contribution is 2.05. The molecule has 1 aromatic rings. The van der Waals surface area contributed by atoms with Crippen molar-refractivity contribution in [3.05, 3.63) is 41.1 Å². The average molecular weight is 221 g/mol. The van der Waals surface area contributed by atoms with Crippen LogP contribution in [-0.4, -0.2) is 30.1 Å². The summed E-state index contributed by atoms with van der Waals surface area (Å²) in [6.07, 6.45) is -0.00213. The highest BCUT2D eigenvalue weighted by molar-refractivity contribution is 6.06. The maximum absolute atomic E-state index is 11.4. The standard InChI is InChI=1S/C12H15NO3/c1-3-16-12(14)9-11(13(2)15)10-7-5-4-6-8-10/h4-8H,3,9H2,1-2H3/b13-11+. The molecule has 0 aromatic heterocycles. The molecule has 0 aliphatic carbocycles. The summed E-state index contributed by atoms with van der Waals surface area (Å²) < 4.78 is 5.52. The van der Waals surface area contributed by atoms with E-state index in [2.05, 4.69) is 0 Å². The topological polar surface area (TPSA) is 52.4 Å². The Morgan fingerprint density at radius 1 is 1.38 bits per heavy atom. The van der Waals surface area contributed by atoms with Gasteiger partial charge in [-0.1, -0.05) is 18.2 Å². The molecule has 0 saturated heterocycles. The lowest BCUT2D eigenvalue weighted by molar-refractivity contribution is -0.423. The highest BCUT2D eigenvalue weighted by Gasteiger charge is 2.16. The molecule has 1 rings (SSSR count). The largest absolute Gasteiger partial charge is 0.624 e. The first-order chi connectivity index (χ1) is 7.65. The summed E-state index contributed by atoms with van der Waals surface area (Å²) in [5.41, 5.74) is 1.16. The van der Waals surface area contributed by atoms with Crippen molar-refractivity contribution in [2.75, 3.05) is 13.7 Å². The molecule has 0 fully saturated rings. The summed E-state index contributed by atoms with van der Waals surface area (Å²) in [4.78, 5) is 11.3. The molecule has 0 atom stereocenters. The molecule has 0 spiro atoms. The lowest BCUT2D eigenvalue weighted by Gasteiger charge is -2.07. The molecule has 0 heterocycles. The molecule has 16 heavy (non-hydrogen) atoms. The lowest BCUT2D eigenvalue weighted by Crippen LogP contribution is -2.19. The number of esters is 1. The SMILES string of the molecule is CCOC(=O)C/C(c1ccccc1)=[N+](/C)[O-]. The van der Waals surface area contributed by atoms with E-state index in [-0.39, 0.29) is 12.4 Å². The Balaban J connectivity index is 2.87. The number of hydroxylamine groups is 1. The molecule has 4 nitrogen and oxygen atoms in total. The van der Waals surface area contributed by atoms with Gasteiger partial charge in [0.25, 0.3) is 0 Å². The second-order valence-corrected chi connectivity index (χ2v) is 3.29. The number of rotatable bonds is 4. The van der Waals surface area contributed by atoms with E-state index in [0.29, 0.717) is 17.1 Å². The van der Waals surface area contributed by atoms with Crippen LogP contribution in [0, 0.1) is 5.21 Å². The van der Waals surface area contributed by atoms with Gasteiger partial charge in [0.2, 0.25) is 5.71 Å². The molecule has 0 aliphatic heterocycles. The van der Waals surface area contributed by atoms with Crippen LogP contribution in [-0.2, 0) is 9.53 Å². The van der Waals surface area contributed by atoms with Crippen molar-refractivity contribution in [3.63, 3.8) is 0 Å². The molecular formula is C12H15NO3. The monoisotopic (exact) mass is 221 g/mol. The minimum atomic E-state index is -0.385. The zero-order valence-electron chi connectivity index (χ0n) is 9.47. The first kappa shape index (κ1) is 12.2. The second kappa shape index (κ2) is 5.90. The van der Waals surface area contributed by atoms with Gasteiger partial charge in [0.05, 0.1) is 6.61 Å². The van der Waals surface area contributed by atoms with E-state index in [9.17, 15) is 10.0 Å². The fraction of sp³-hybridized carbons (Fsp3) is 0.333. The van der Waals surface area contributed by atoms with Crippen molar-refractivity contribution >= 4 is 11.7 Å². The molecular weight excluding hydrogens is 206 g/mol. The molecule has 1 aromatic carbocycles. The number of nitrogens with zero attached hydrogens (tertiary/aromatic N) is 1. The Morgan fingerprint density at radius 2 is 2.00 bits per heavy atom. The van der Waals surface area contributed by atoms with E-state index in [1.54, 1.807) is 19.1 Å². The third-order valence-corrected chi connectivity index (χ3v) is 2.10. The Kier molecular flexibility index (Phi) is 4.51. The number of carbonyl (C=O) groups is 1. The fourth-order valence-corrected chi connectivity index (χ4v) is 1.37. The summed E-state index contributed by atoms with van der Waals surface area (Å²) in [6, 6.07) is 9.09. The Labute approximate surface area is 94.7 Å². The van der Waals surface area contributed by atoms with Gasteiger partial charge in [0, 0.05) is 5.56 Å². The average Bonchev–Trinajstić information content (AvgIpc) is 2.27. The zero-order valence-corrected chi connectivity index (χ0v) is 9.47.